The van der Waals surface area contributed by atoms with Crippen LogP contribution in [0.4, 0.5) is 0 Å². The summed E-state index contributed by atoms with van der Waals surface area (Å²) in [7, 11) is 0. The van der Waals surface area contributed by atoms with Crippen LogP contribution in [-0.2, 0) is 17.8 Å². The van der Waals surface area contributed by atoms with Crippen LogP contribution in [0.3, 0.4) is 0 Å². The topological polar surface area (TPSA) is 41.4 Å². The van der Waals surface area contributed by atoms with Crippen LogP contribution in [0, 0.1) is 5.92 Å². The van der Waals surface area contributed by atoms with E-state index in [2.05, 4.69) is 80.0 Å². The molecule has 0 radical (unpaired) electrons. The lowest BCUT2D eigenvalue weighted by Gasteiger charge is -2.41. The molecule has 0 spiro atoms. The fourth-order valence-electron chi connectivity index (χ4n) is 4.92. The van der Waals surface area contributed by atoms with E-state index in [1.165, 1.54) is 16.8 Å². The van der Waals surface area contributed by atoms with Crippen LogP contribution in [-0.4, -0.2) is 51.4 Å². The highest BCUT2D eigenvalue weighted by atomic mass is 16.2. The molecular weight excluding hydrogens is 372 g/mol. The lowest BCUT2D eigenvalue weighted by atomic mass is 9.94. The van der Waals surface area contributed by atoms with Gasteiger partial charge in [-0.1, -0.05) is 60.7 Å². The Balaban J connectivity index is 1.28. The van der Waals surface area contributed by atoms with Crippen LogP contribution in [0.5, 0.6) is 0 Å². The molecule has 3 aromatic rings. The highest BCUT2D eigenvalue weighted by molar-refractivity contribution is 5.79. The average Bonchev–Trinajstić information content (AvgIpc) is 3.29. The van der Waals surface area contributed by atoms with E-state index >= 15 is 0 Å². The summed E-state index contributed by atoms with van der Waals surface area (Å²) in [6.45, 7) is 4.28. The number of piperazine rings is 1. The number of amides is 1. The fourth-order valence-corrected chi connectivity index (χ4v) is 4.92. The van der Waals surface area contributed by atoms with E-state index in [1.54, 1.807) is 0 Å². The van der Waals surface area contributed by atoms with Crippen LogP contribution in [0.1, 0.15) is 29.3 Å². The Kier molecular flexibility index (Phi) is 5.37. The number of fused-ring (bicyclic) bond motifs is 1. The molecule has 0 N–H and O–H groups in total. The zero-order valence-corrected chi connectivity index (χ0v) is 17.2. The van der Waals surface area contributed by atoms with Gasteiger partial charge in [0.05, 0.1) is 12.4 Å². The molecular formula is C25H28N4O. The van der Waals surface area contributed by atoms with Crippen LogP contribution in [0.15, 0.2) is 73.2 Å². The molecule has 5 nitrogen and oxygen atoms in total. The number of aryl methyl sites for hydroxylation is 1. The van der Waals surface area contributed by atoms with E-state index in [0.29, 0.717) is 5.91 Å². The first-order valence-corrected chi connectivity index (χ1v) is 10.9. The molecule has 154 valence electrons. The number of carbonyl (C=O) groups excluding carboxylic acids is 1. The van der Waals surface area contributed by atoms with Crippen LogP contribution in [0.2, 0.25) is 0 Å². The molecule has 0 bridgehead atoms. The quantitative estimate of drug-likeness (QED) is 0.674. The number of rotatable bonds is 4. The van der Waals surface area contributed by atoms with Crippen molar-refractivity contribution in [3.8, 4) is 0 Å². The highest BCUT2D eigenvalue weighted by Crippen LogP contribution is 2.30. The maximum atomic E-state index is 13.2. The Labute approximate surface area is 178 Å². The van der Waals surface area contributed by atoms with Crippen molar-refractivity contribution in [3.05, 3.63) is 90.0 Å². The highest BCUT2D eigenvalue weighted by Gasteiger charge is 2.32. The summed E-state index contributed by atoms with van der Waals surface area (Å²) in [6.07, 6.45) is 5.51. The van der Waals surface area contributed by atoms with Gasteiger partial charge in [-0.15, -0.1) is 0 Å². The van der Waals surface area contributed by atoms with Crippen molar-refractivity contribution < 1.29 is 4.79 Å². The van der Waals surface area contributed by atoms with Gasteiger partial charge in [-0.2, -0.15) is 0 Å². The number of carbonyl (C=O) groups is 1. The molecule has 1 fully saturated rings. The molecule has 30 heavy (non-hydrogen) atoms. The summed E-state index contributed by atoms with van der Waals surface area (Å²) < 4.78 is 2.17. The van der Waals surface area contributed by atoms with Crippen molar-refractivity contribution in [3.63, 3.8) is 0 Å². The molecule has 2 aliphatic heterocycles. The minimum atomic E-state index is 0.0970. The first kappa shape index (κ1) is 19.1. The van der Waals surface area contributed by atoms with Crippen molar-refractivity contribution in [2.24, 2.45) is 5.92 Å². The molecule has 5 heteroatoms. The van der Waals surface area contributed by atoms with E-state index in [9.17, 15) is 4.79 Å². The van der Waals surface area contributed by atoms with Crippen LogP contribution >= 0.6 is 0 Å². The van der Waals surface area contributed by atoms with E-state index in [-0.39, 0.29) is 12.0 Å². The van der Waals surface area contributed by atoms with Crippen LogP contribution in [0.25, 0.3) is 0 Å². The first-order valence-electron chi connectivity index (χ1n) is 10.9. The van der Waals surface area contributed by atoms with Crippen molar-refractivity contribution in [1.82, 2.24) is 19.4 Å². The second kappa shape index (κ2) is 8.44. The summed E-state index contributed by atoms with van der Waals surface area (Å²) in [4.78, 5) is 22.0. The van der Waals surface area contributed by atoms with Crippen LogP contribution < -0.4 is 0 Å². The lowest BCUT2D eigenvalue weighted by Crippen LogP contribution is -2.51. The third-order valence-electron chi connectivity index (χ3n) is 6.54. The van der Waals surface area contributed by atoms with Gasteiger partial charge in [0.2, 0.25) is 5.91 Å². The molecule has 1 saturated heterocycles. The first-order chi connectivity index (χ1) is 14.8. The number of hydrogen-bond acceptors (Lipinski definition) is 3. The van der Waals surface area contributed by atoms with Gasteiger partial charge in [-0.05, 0) is 17.5 Å². The van der Waals surface area contributed by atoms with E-state index in [0.717, 1.165) is 45.6 Å². The van der Waals surface area contributed by atoms with Crippen molar-refractivity contribution in [2.75, 3.05) is 26.2 Å². The molecule has 1 unspecified atom stereocenters. The maximum Gasteiger partial charge on any atom is 0.226 e. The second-order valence-corrected chi connectivity index (χ2v) is 8.35. The lowest BCUT2D eigenvalue weighted by molar-refractivity contribution is -0.138. The SMILES string of the molecule is O=C(C1CCn2cncc2C1)N1CCN(C(c2ccccc2)c2ccccc2)CC1. The van der Waals surface area contributed by atoms with Gasteiger partial charge in [0.15, 0.2) is 0 Å². The molecule has 0 aliphatic carbocycles. The zero-order valence-electron chi connectivity index (χ0n) is 17.2. The Morgan fingerprint density at radius 1 is 0.867 bits per heavy atom. The fraction of sp³-hybridized carbons (Fsp3) is 0.360. The van der Waals surface area contributed by atoms with Gasteiger partial charge in [0.25, 0.3) is 0 Å². The van der Waals surface area contributed by atoms with Crippen molar-refractivity contribution >= 4 is 5.91 Å². The molecule has 1 aromatic heterocycles. The minimum Gasteiger partial charge on any atom is -0.340 e. The van der Waals surface area contributed by atoms with Gasteiger partial charge in [-0.25, -0.2) is 4.98 Å². The summed E-state index contributed by atoms with van der Waals surface area (Å²) in [5, 5.41) is 0. The Morgan fingerprint density at radius 2 is 1.50 bits per heavy atom. The zero-order chi connectivity index (χ0) is 20.3. The standard InChI is InChI=1S/C25H28N4O/c30-25(22-11-12-29-19-26-18-23(29)17-22)28-15-13-27(14-16-28)24(20-7-3-1-4-8-20)21-9-5-2-6-10-21/h1-10,18-19,22,24H,11-17H2. The van der Waals surface area contributed by atoms with Gasteiger partial charge in [0.1, 0.15) is 0 Å². The smallest absolute Gasteiger partial charge is 0.226 e. The summed E-state index contributed by atoms with van der Waals surface area (Å²) >= 11 is 0. The summed E-state index contributed by atoms with van der Waals surface area (Å²) in [6, 6.07) is 21.6. The van der Waals surface area contributed by atoms with Gasteiger partial charge < -0.3 is 9.47 Å². The van der Waals surface area contributed by atoms with Crippen molar-refractivity contribution in [2.45, 2.75) is 25.4 Å². The predicted octanol–water partition coefficient (Wildman–Crippen LogP) is 3.38. The molecule has 3 heterocycles. The van der Waals surface area contributed by atoms with Gasteiger partial charge in [0, 0.05) is 57.0 Å². The average molecular weight is 401 g/mol. The molecule has 0 saturated carbocycles. The Bertz CT molecular complexity index is 937. The molecule has 2 aliphatic rings. The Morgan fingerprint density at radius 3 is 2.13 bits per heavy atom. The third kappa shape index (κ3) is 3.77. The third-order valence-corrected chi connectivity index (χ3v) is 6.54. The summed E-state index contributed by atoms with van der Waals surface area (Å²) in [5.41, 5.74) is 3.81. The monoisotopic (exact) mass is 400 g/mol. The normalized spacial score (nSPS) is 19.6. The van der Waals surface area contributed by atoms with E-state index < -0.39 is 0 Å². The number of nitrogens with zero attached hydrogens (tertiary/aromatic N) is 4. The second-order valence-electron chi connectivity index (χ2n) is 8.35. The van der Waals surface area contributed by atoms with Crippen molar-refractivity contribution in [1.29, 1.82) is 0 Å². The number of hydrogen-bond donors (Lipinski definition) is 0. The molecule has 1 amide bonds. The maximum absolute atomic E-state index is 13.2. The molecule has 1 atom stereocenters. The van der Waals surface area contributed by atoms with E-state index in [4.69, 9.17) is 0 Å². The number of imidazole rings is 1. The molecule has 2 aromatic carbocycles. The van der Waals surface area contributed by atoms with Gasteiger partial charge in [-0.3, -0.25) is 9.69 Å². The number of benzene rings is 2. The number of aromatic nitrogens is 2. The van der Waals surface area contributed by atoms with Gasteiger partial charge >= 0.3 is 0 Å². The summed E-state index contributed by atoms with van der Waals surface area (Å²) in [5.74, 6) is 0.415. The minimum absolute atomic E-state index is 0.0970. The molecule has 5 rings (SSSR count). The largest absolute Gasteiger partial charge is 0.340 e. The Hall–Kier alpha value is -2.92. The van der Waals surface area contributed by atoms with E-state index in [1.807, 2.05) is 12.5 Å². The predicted molar refractivity (Wildman–Crippen MR) is 117 cm³/mol.